The number of fused-ring (bicyclic) bond motifs is 1. The van der Waals surface area contributed by atoms with E-state index < -0.39 is 16.8 Å². The zero-order valence-corrected chi connectivity index (χ0v) is 18.2. The van der Waals surface area contributed by atoms with Gasteiger partial charge >= 0.3 is 5.97 Å². The highest BCUT2D eigenvalue weighted by Crippen LogP contribution is 2.23. The van der Waals surface area contributed by atoms with Crippen LogP contribution in [0.25, 0.3) is 10.9 Å². The van der Waals surface area contributed by atoms with Crippen LogP contribution in [0, 0.1) is 10.1 Å². The maximum absolute atomic E-state index is 12.3. The molecule has 4 rings (SSSR count). The van der Waals surface area contributed by atoms with Crippen molar-refractivity contribution < 1.29 is 24.0 Å². The smallest absolute Gasteiger partial charge is 0.350 e. The highest BCUT2D eigenvalue weighted by atomic mass is 16.6. The van der Waals surface area contributed by atoms with Crippen LogP contribution < -0.4 is 14.9 Å². The van der Waals surface area contributed by atoms with Crippen LogP contribution in [0.4, 0.5) is 5.69 Å². The summed E-state index contributed by atoms with van der Waals surface area (Å²) in [7, 11) is 0. The molecular formula is C25H18N4O6. The fraction of sp³-hybridized carbons (Fsp3) is 0.0400. The van der Waals surface area contributed by atoms with E-state index >= 15 is 0 Å². The molecule has 0 aliphatic heterocycles. The molecule has 4 aromatic rings. The molecule has 0 fully saturated rings. The van der Waals surface area contributed by atoms with Gasteiger partial charge in [-0.1, -0.05) is 30.3 Å². The predicted molar refractivity (Wildman–Crippen MR) is 127 cm³/mol. The topological polar surface area (TPSA) is 133 Å². The van der Waals surface area contributed by atoms with Gasteiger partial charge in [0.1, 0.15) is 22.6 Å². The molecular weight excluding hydrogens is 452 g/mol. The van der Waals surface area contributed by atoms with Crippen LogP contribution in [-0.2, 0) is 4.79 Å². The number of carbonyl (C=O) groups is 2. The minimum atomic E-state index is -0.840. The number of nitro groups is 1. The lowest BCUT2D eigenvalue weighted by Gasteiger charge is -2.07. The molecule has 0 aliphatic rings. The van der Waals surface area contributed by atoms with Gasteiger partial charge in [-0.05, 0) is 48.0 Å². The highest BCUT2D eigenvalue weighted by Gasteiger charge is 2.21. The standard InChI is InChI=1S/C25H18N4O6/c30-23(16-34-22-9-3-5-18-6-4-14-26-24(18)22)28-27-15-17-10-12-19(13-11-17)35-25(31)20-7-1-2-8-21(20)29(32)33/h1-15H,16H2,(H,28,30)/b27-15-. The van der Waals surface area contributed by atoms with Gasteiger partial charge in [0.15, 0.2) is 6.61 Å². The van der Waals surface area contributed by atoms with E-state index in [-0.39, 0.29) is 23.6 Å². The van der Waals surface area contributed by atoms with Crippen LogP contribution in [0.3, 0.4) is 0 Å². The van der Waals surface area contributed by atoms with Crippen molar-refractivity contribution in [2.24, 2.45) is 5.10 Å². The molecule has 0 radical (unpaired) electrons. The SMILES string of the molecule is O=C(COc1cccc2cccnc12)N/N=C\c1ccc(OC(=O)c2ccccc2[N+](=O)[O-])cc1. The number of pyridine rings is 1. The average molecular weight is 470 g/mol. The van der Waals surface area contributed by atoms with E-state index in [2.05, 4.69) is 15.5 Å². The molecule has 0 atom stereocenters. The average Bonchev–Trinajstić information content (AvgIpc) is 2.88. The van der Waals surface area contributed by atoms with Gasteiger partial charge in [-0.3, -0.25) is 19.9 Å². The van der Waals surface area contributed by atoms with Crippen molar-refractivity contribution in [1.29, 1.82) is 0 Å². The number of hydrogen-bond acceptors (Lipinski definition) is 8. The first kappa shape index (κ1) is 23.1. The zero-order valence-electron chi connectivity index (χ0n) is 18.2. The number of para-hydroxylation sites is 2. The first-order chi connectivity index (χ1) is 17.0. The number of rotatable bonds is 8. The van der Waals surface area contributed by atoms with Crippen molar-refractivity contribution >= 4 is 34.7 Å². The summed E-state index contributed by atoms with van der Waals surface area (Å²) in [5.74, 6) is -0.601. The van der Waals surface area contributed by atoms with E-state index in [1.807, 2.05) is 24.3 Å². The van der Waals surface area contributed by atoms with E-state index in [0.29, 0.717) is 16.8 Å². The minimum Gasteiger partial charge on any atom is -0.481 e. The monoisotopic (exact) mass is 470 g/mol. The molecule has 0 spiro atoms. The molecule has 1 N–H and O–H groups in total. The molecule has 10 nitrogen and oxygen atoms in total. The van der Waals surface area contributed by atoms with Gasteiger partial charge in [0.25, 0.3) is 11.6 Å². The normalized spacial score (nSPS) is 10.7. The second-order valence-corrected chi connectivity index (χ2v) is 7.15. The van der Waals surface area contributed by atoms with E-state index in [1.54, 1.807) is 24.4 Å². The Morgan fingerprint density at radius 2 is 1.77 bits per heavy atom. The van der Waals surface area contributed by atoms with Crippen molar-refractivity contribution in [3.05, 3.63) is 106 Å². The molecule has 0 saturated heterocycles. The number of nitrogens with one attached hydrogen (secondary N) is 1. The lowest BCUT2D eigenvalue weighted by atomic mass is 10.2. The fourth-order valence-electron chi connectivity index (χ4n) is 3.14. The number of esters is 1. The third-order valence-corrected chi connectivity index (χ3v) is 4.77. The number of benzene rings is 3. The van der Waals surface area contributed by atoms with Crippen molar-refractivity contribution in [2.45, 2.75) is 0 Å². The van der Waals surface area contributed by atoms with Crippen LogP contribution >= 0.6 is 0 Å². The van der Waals surface area contributed by atoms with Gasteiger partial charge in [-0.25, -0.2) is 10.2 Å². The number of hydrogen-bond donors (Lipinski definition) is 1. The third-order valence-electron chi connectivity index (χ3n) is 4.77. The number of nitrogens with zero attached hydrogens (tertiary/aromatic N) is 3. The van der Waals surface area contributed by atoms with Crippen LogP contribution in [-0.4, -0.2) is 34.6 Å². The van der Waals surface area contributed by atoms with Gasteiger partial charge in [0, 0.05) is 17.6 Å². The van der Waals surface area contributed by atoms with Gasteiger partial charge in [-0.15, -0.1) is 0 Å². The van der Waals surface area contributed by atoms with Gasteiger partial charge < -0.3 is 9.47 Å². The Balaban J connectivity index is 1.29. The second kappa shape index (κ2) is 10.7. The number of nitro benzene ring substituents is 1. The zero-order chi connectivity index (χ0) is 24.6. The van der Waals surface area contributed by atoms with Gasteiger partial charge in [0.2, 0.25) is 0 Å². The maximum atomic E-state index is 12.3. The van der Waals surface area contributed by atoms with E-state index in [1.165, 1.54) is 42.6 Å². The summed E-state index contributed by atoms with van der Waals surface area (Å²) in [6.07, 6.45) is 3.06. The summed E-state index contributed by atoms with van der Waals surface area (Å²) in [6.45, 7) is -0.243. The summed E-state index contributed by atoms with van der Waals surface area (Å²) < 4.78 is 10.8. The van der Waals surface area contributed by atoms with Crippen molar-refractivity contribution in [3.63, 3.8) is 0 Å². The summed E-state index contributed by atoms with van der Waals surface area (Å²) in [6, 6.07) is 20.9. The number of amides is 1. The summed E-state index contributed by atoms with van der Waals surface area (Å²) >= 11 is 0. The fourth-order valence-corrected chi connectivity index (χ4v) is 3.14. The first-order valence-corrected chi connectivity index (χ1v) is 10.4. The molecule has 1 aromatic heterocycles. The third kappa shape index (κ3) is 5.82. The number of carbonyl (C=O) groups excluding carboxylic acids is 2. The highest BCUT2D eigenvalue weighted by molar-refractivity contribution is 5.95. The van der Waals surface area contributed by atoms with Crippen LogP contribution in [0.15, 0.2) is 90.2 Å². The number of hydrazone groups is 1. The van der Waals surface area contributed by atoms with E-state index in [9.17, 15) is 19.7 Å². The Bertz CT molecular complexity index is 1410. The largest absolute Gasteiger partial charge is 0.481 e. The predicted octanol–water partition coefficient (Wildman–Crippen LogP) is 3.89. The van der Waals surface area contributed by atoms with Gasteiger partial charge in [-0.2, -0.15) is 5.10 Å². The van der Waals surface area contributed by atoms with Crippen molar-refractivity contribution in [1.82, 2.24) is 10.4 Å². The van der Waals surface area contributed by atoms with E-state index in [0.717, 1.165) is 5.39 Å². The molecule has 1 amide bonds. The van der Waals surface area contributed by atoms with Crippen molar-refractivity contribution in [3.8, 4) is 11.5 Å². The maximum Gasteiger partial charge on any atom is 0.350 e. The molecule has 10 heteroatoms. The Labute approximate surface area is 199 Å². The quantitative estimate of drug-likeness (QED) is 0.136. The Hall–Kier alpha value is -5.12. The Morgan fingerprint density at radius 1 is 1.00 bits per heavy atom. The molecule has 0 saturated carbocycles. The van der Waals surface area contributed by atoms with Gasteiger partial charge in [0.05, 0.1) is 11.1 Å². The lowest BCUT2D eigenvalue weighted by Crippen LogP contribution is -2.24. The van der Waals surface area contributed by atoms with Crippen LogP contribution in [0.1, 0.15) is 15.9 Å². The molecule has 174 valence electrons. The first-order valence-electron chi connectivity index (χ1n) is 10.4. The van der Waals surface area contributed by atoms with Crippen LogP contribution in [0.2, 0.25) is 0 Å². The molecule has 0 aliphatic carbocycles. The molecule has 0 unspecified atom stereocenters. The Kier molecular flexibility index (Phi) is 7.02. The summed E-state index contributed by atoms with van der Waals surface area (Å²) in [4.78, 5) is 39.0. The molecule has 35 heavy (non-hydrogen) atoms. The number of aromatic nitrogens is 1. The van der Waals surface area contributed by atoms with Crippen LogP contribution in [0.5, 0.6) is 11.5 Å². The number of ether oxygens (including phenoxy) is 2. The van der Waals surface area contributed by atoms with Crippen molar-refractivity contribution in [2.75, 3.05) is 6.61 Å². The second-order valence-electron chi connectivity index (χ2n) is 7.15. The lowest BCUT2D eigenvalue weighted by molar-refractivity contribution is -0.385. The summed E-state index contributed by atoms with van der Waals surface area (Å²) in [5.41, 5.74) is 3.17. The molecule has 0 bridgehead atoms. The summed E-state index contributed by atoms with van der Waals surface area (Å²) in [5, 5.41) is 15.9. The molecule has 1 heterocycles. The molecule has 3 aromatic carbocycles. The Morgan fingerprint density at radius 3 is 2.57 bits per heavy atom. The van der Waals surface area contributed by atoms with E-state index in [4.69, 9.17) is 9.47 Å². The minimum absolute atomic E-state index is 0.146.